The number of fused-ring (bicyclic) bond motifs is 1. The predicted octanol–water partition coefficient (Wildman–Crippen LogP) is 6.75. The lowest BCUT2D eigenvalue weighted by Gasteiger charge is -2.56. The molecule has 6 rings (SSSR count). The molecule has 0 atom stereocenters. The fourth-order valence-corrected chi connectivity index (χ4v) is 7.66. The molecule has 4 bridgehead atoms. The van der Waals surface area contributed by atoms with Crippen molar-refractivity contribution in [1.82, 2.24) is 10.3 Å². The van der Waals surface area contributed by atoms with Crippen LogP contribution in [0, 0.1) is 23.2 Å². The highest BCUT2D eigenvalue weighted by Gasteiger charge is 2.51. The highest BCUT2D eigenvalue weighted by atomic mass is 16.1. The first-order valence-corrected chi connectivity index (χ1v) is 14.3. The van der Waals surface area contributed by atoms with Crippen molar-refractivity contribution in [1.29, 1.82) is 0 Å². The SMILES string of the molecule is CCCCCCCNCCNc1ccc2c(NC(=O)CC34CC5CC(CC(C5)C3)C4)cccc2n1. The molecule has 4 saturated carbocycles. The summed E-state index contributed by atoms with van der Waals surface area (Å²) in [4.78, 5) is 18.0. The van der Waals surface area contributed by atoms with Crippen LogP contribution in [0.5, 0.6) is 0 Å². The maximum atomic E-state index is 13.2. The first-order chi connectivity index (χ1) is 17.1. The Morgan fingerprint density at radius 2 is 1.66 bits per heavy atom. The molecule has 0 radical (unpaired) electrons. The van der Waals surface area contributed by atoms with E-state index in [2.05, 4.69) is 28.9 Å². The van der Waals surface area contributed by atoms with Crippen LogP contribution in [0.4, 0.5) is 11.5 Å². The van der Waals surface area contributed by atoms with Gasteiger partial charge in [-0.05, 0) is 98.9 Å². The Kier molecular flexibility index (Phi) is 7.91. The number of hydrogen-bond donors (Lipinski definition) is 3. The summed E-state index contributed by atoms with van der Waals surface area (Å²) in [7, 11) is 0. The quantitative estimate of drug-likeness (QED) is 0.280. The maximum Gasteiger partial charge on any atom is 0.224 e. The van der Waals surface area contributed by atoms with Crippen molar-refractivity contribution in [2.75, 3.05) is 30.3 Å². The summed E-state index contributed by atoms with van der Waals surface area (Å²) in [6.07, 6.45) is 15.3. The molecule has 0 aliphatic heterocycles. The van der Waals surface area contributed by atoms with E-state index < -0.39 is 0 Å². The summed E-state index contributed by atoms with van der Waals surface area (Å²) in [5.74, 6) is 3.70. The van der Waals surface area contributed by atoms with Gasteiger partial charge in [0.1, 0.15) is 5.82 Å². The maximum absolute atomic E-state index is 13.2. The van der Waals surface area contributed by atoms with Crippen molar-refractivity contribution in [3.63, 3.8) is 0 Å². The number of pyridine rings is 1. The molecule has 0 spiro atoms. The van der Waals surface area contributed by atoms with Crippen molar-refractivity contribution >= 4 is 28.3 Å². The van der Waals surface area contributed by atoms with E-state index >= 15 is 0 Å². The lowest BCUT2D eigenvalue weighted by molar-refractivity contribution is -0.124. The Morgan fingerprint density at radius 3 is 2.40 bits per heavy atom. The molecule has 1 amide bonds. The average molecular weight is 477 g/mol. The van der Waals surface area contributed by atoms with Crippen molar-refractivity contribution in [2.24, 2.45) is 23.2 Å². The van der Waals surface area contributed by atoms with E-state index in [1.807, 2.05) is 24.3 Å². The molecule has 2 aromatic rings. The highest BCUT2D eigenvalue weighted by molar-refractivity contribution is 6.01. The van der Waals surface area contributed by atoms with Crippen LogP contribution in [0.25, 0.3) is 10.9 Å². The number of amides is 1. The van der Waals surface area contributed by atoms with Gasteiger partial charge in [0.05, 0.1) is 11.2 Å². The van der Waals surface area contributed by atoms with Crippen LogP contribution in [0.2, 0.25) is 0 Å². The van der Waals surface area contributed by atoms with E-state index in [0.717, 1.165) is 59.8 Å². The van der Waals surface area contributed by atoms with Crippen molar-refractivity contribution in [3.8, 4) is 0 Å². The number of unbranched alkanes of at least 4 members (excludes halogenated alkanes) is 4. The van der Waals surface area contributed by atoms with Gasteiger partial charge in [0.25, 0.3) is 0 Å². The lowest BCUT2D eigenvalue weighted by atomic mass is 9.49. The minimum absolute atomic E-state index is 0.183. The number of benzene rings is 1. The number of nitrogens with zero attached hydrogens (tertiary/aromatic N) is 1. The number of carbonyl (C=O) groups is 1. The normalized spacial score (nSPS) is 26.8. The monoisotopic (exact) mass is 476 g/mol. The zero-order valence-corrected chi connectivity index (χ0v) is 21.6. The Balaban J connectivity index is 1.11. The first kappa shape index (κ1) is 24.5. The molecule has 4 aliphatic carbocycles. The molecule has 1 aromatic carbocycles. The molecule has 1 heterocycles. The van der Waals surface area contributed by atoms with E-state index in [1.165, 1.54) is 70.6 Å². The van der Waals surface area contributed by atoms with Crippen LogP contribution >= 0.6 is 0 Å². The van der Waals surface area contributed by atoms with Gasteiger partial charge in [0.15, 0.2) is 0 Å². The van der Waals surface area contributed by atoms with Crippen LogP contribution in [-0.4, -0.2) is 30.5 Å². The van der Waals surface area contributed by atoms with Gasteiger partial charge < -0.3 is 16.0 Å². The predicted molar refractivity (Wildman–Crippen MR) is 146 cm³/mol. The topological polar surface area (TPSA) is 66.0 Å². The highest BCUT2D eigenvalue weighted by Crippen LogP contribution is 2.61. The van der Waals surface area contributed by atoms with E-state index in [4.69, 9.17) is 4.98 Å². The molecular weight excluding hydrogens is 432 g/mol. The Hall–Kier alpha value is -2.14. The van der Waals surface area contributed by atoms with Gasteiger partial charge in [-0.3, -0.25) is 4.79 Å². The second-order valence-corrected chi connectivity index (χ2v) is 11.8. The van der Waals surface area contributed by atoms with Gasteiger partial charge in [-0.25, -0.2) is 4.98 Å². The van der Waals surface area contributed by atoms with Crippen LogP contribution in [0.3, 0.4) is 0 Å². The van der Waals surface area contributed by atoms with Crippen molar-refractivity contribution in [3.05, 3.63) is 30.3 Å². The number of anilines is 2. The van der Waals surface area contributed by atoms with E-state index in [9.17, 15) is 4.79 Å². The summed E-state index contributed by atoms with van der Waals surface area (Å²) in [6.45, 7) is 5.14. The Morgan fingerprint density at radius 1 is 0.914 bits per heavy atom. The second-order valence-electron chi connectivity index (χ2n) is 11.8. The Labute approximate surface area is 211 Å². The molecule has 0 unspecified atom stereocenters. The number of nitrogens with one attached hydrogen (secondary N) is 3. The standard InChI is InChI=1S/C30H44N4O/c1-2-3-4-5-6-12-31-13-14-32-28-11-10-25-26(33-28)8-7-9-27(25)34-29(35)21-30-18-22-15-23(19-30)17-24(16-22)20-30/h7-11,22-24,31H,2-6,12-21H2,1H3,(H,32,33)(H,34,35). The van der Waals surface area contributed by atoms with Gasteiger partial charge >= 0.3 is 0 Å². The van der Waals surface area contributed by atoms with Gasteiger partial charge in [0, 0.05) is 24.9 Å². The van der Waals surface area contributed by atoms with Crippen molar-refractivity contribution in [2.45, 2.75) is 84.0 Å². The third-order valence-corrected chi connectivity index (χ3v) is 8.77. The van der Waals surface area contributed by atoms with Crippen molar-refractivity contribution < 1.29 is 4.79 Å². The average Bonchev–Trinajstić information content (AvgIpc) is 2.82. The van der Waals surface area contributed by atoms with E-state index in [0.29, 0.717) is 6.42 Å². The lowest BCUT2D eigenvalue weighted by Crippen LogP contribution is -2.47. The number of hydrogen-bond acceptors (Lipinski definition) is 4. The van der Waals surface area contributed by atoms with E-state index in [1.54, 1.807) is 0 Å². The number of carbonyl (C=O) groups excluding carboxylic acids is 1. The fraction of sp³-hybridized carbons (Fsp3) is 0.667. The molecule has 190 valence electrons. The molecule has 3 N–H and O–H groups in total. The molecule has 35 heavy (non-hydrogen) atoms. The van der Waals surface area contributed by atoms with Gasteiger partial charge in [-0.1, -0.05) is 38.7 Å². The summed E-state index contributed by atoms with van der Waals surface area (Å²) in [5.41, 5.74) is 2.08. The molecule has 4 fully saturated rings. The zero-order chi connectivity index (χ0) is 24.1. The molecule has 5 nitrogen and oxygen atoms in total. The molecule has 4 aliphatic rings. The third-order valence-electron chi connectivity index (χ3n) is 8.77. The molecule has 0 saturated heterocycles. The van der Waals surface area contributed by atoms with Gasteiger partial charge in [-0.2, -0.15) is 0 Å². The second kappa shape index (κ2) is 11.3. The summed E-state index contributed by atoms with van der Waals surface area (Å²) in [6, 6.07) is 10.2. The summed E-state index contributed by atoms with van der Waals surface area (Å²) in [5, 5.41) is 11.2. The van der Waals surface area contributed by atoms with E-state index in [-0.39, 0.29) is 11.3 Å². The fourth-order valence-electron chi connectivity index (χ4n) is 7.66. The molecule has 1 aromatic heterocycles. The minimum Gasteiger partial charge on any atom is -0.369 e. The minimum atomic E-state index is 0.183. The van der Waals surface area contributed by atoms with Crippen LogP contribution < -0.4 is 16.0 Å². The smallest absolute Gasteiger partial charge is 0.224 e. The summed E-state index contributed by atoms with van der Waals surface area (Å²) >= 11 is 0. The zero-order valence-electron chi connectivity index (χ0n) is 21.6. The first-order valence-electron chi connectivity index (χ1n) is 14.3. The summed E-state index contributed by atoms with van der Waals surface area (Å²) < 4.78 is 0. The van der Waals surface area contributed by atoms with Crippen LogP contribution in [-0.2, 0) is 4.79 Å². The van der Waals surface area contributed by atoms with Gasteiger partial charge in [-0.15, -0.1) is 0 Å². The number of rotatable bonds is 13. The third kappa shape index (κ3) is 6.17. The molecular formula is C30H44N4O. The number of aromatic nitrogens is 1. The molecule has 5 heteroatoms. The Bertz CT molecular complexity index is 968. The van der Waals surface area contributed by atoms with Gasteiger partial charge in [0.2, 0.25) is 5.91 Å². The van der Waals surface area contributed by atoms with Crippen LogP contribution in [0.1, 0.15) is 84.0 Å². The largest absolute Gasteiger partial charge is 0.369 e. The van der Waals surface area contributed by atoms with Crippen LogP contribution in [0.15, 0.2) is 30.3 Å².